The van der Waals surface area contributed by atoms with E-state index in [4.69, 9.17) is 10.5 Å². The molecule has 1 aliphatic heterocycles. The fourth-order valence-electron chi connectivity index (χ4n) is 1.66. The summed E-state index contributed by atoms with van der Waals surface area (Å²) in [5, 5.41) is 2.42. The zero-order valence-corrected chi connectivity index (χ0v) is 11.1. The molecule has 7 heteroatoms. The minimum atomic E-state index is -0.582. The molecule has 1 fully saturated rings. The maximum Gasteiger partial charge on any atom is 0.251 e. The Morgan fingerprint density at radius 2 is 2.42 bits per heavy atom. The number of primary amides is 1. The van der Waals surface area contributed by atoms with Crippen LogP contribution in [0.4, 0.5) is 0 Å². The van der Waals surface area contributed by atoms with Gasteiger partial charge in [-0.15, -0.1) is 0 Å². The molecule has 102 valence electrons. The summed E-state index contributed by atoms with van der Waals surface area (Å²) < 4.78 is 5.69. The van der Waals surface area contributed by atoms with Crippen molar-refractivity contribution in [3.05, 3.63) is 23.9 Å². The van der Waals surface area contributed by atoms with E-state index in [1.165, 1.54) is 6.20 Å². The molecule has 0 radical (unpaired) electrons. The summed E-state index contributed by atoms with van der Waals surface area (Å²) in [6.45, 7) is -0.184. The standard InChI is InChI=1S/C12H15N3O3S/c13-10(16)6-15-12(17)8-1-3-14-11(5-8)18-9-2-4-19-7-9/h1,3,5,9H,2,4,6-7H2,(H2,13,16)(H,15,17). The smallest absolute Gasteiger partial charge is 0.251 e. The average molecular weight is 281 g/mol. The molecular formula is C12H15N3O3S. The monoisotopic (exact) mass is 281 g/mol. The number of nitrogens with zero attached hydrogens (tertiary/aromatic N) is 1. The number of aromatic nitrogens is 1. The number of rotatable bonds is 5. The van der Waals surface area contributed by atoms with Crippen LogP contribution >= 0.6 is 11.8 Å². The van der Waals surface area contributed by atoms with Crippen molar-refractivity contribution in [1.29, 1.82) is 0 Å². The minimum absolute atomic E-state index is 0.154. The molecule has 2 heterocycles. The fraction of sp³-hybridized carbons (Fsp3) is 0.417. The molecule has 1 atom stereocenters. The van der Waals surface area contributed by atoms with Crippen molar-refractivity contribution in [2.24, 2.45) is 5.73 Å². The number of nitrogens with one attached hydrogen (secondary N) is 1. The van der Waals surface area contributed by atoms with E-state index in [0.29, 0.717) is 11.4 Å². The van der Waals surface area contributed by atoms with Gasteiger partial charge in [0.1, 0.15) is 6.10 Å². The van der Waals surface area contributed by atoms with Gasteiger partial charge in [-0.1, -0.05) is 0 Å². The van der Waals surface area contributed by atoms with Crippen molar-refractivity contribution in [3.8, 4) is 5.88 Å². The molecule has 1 aliphatic rings. The van der Waals surface area contributed by atoms with Gasteiger partial charge in [-0.3, -0.25) is 9.59 Å². The summed E-state index contributed by atoms with van der Waals surface area (Å²) in [5.74, 6) is 1.51. The van der Waals surface area contributed by atoms with E-state index in [1.807, 2.05) is 11.8 Å². The molecule has 0 bridgehead atoms. The summed E-state index contributed by atoms with van der Waals surface area (Å²) in [7, 11) is 0. The maximum absolute atomic E-state index is 11.7. The van der Waals surface area contributed by atoms with Gasteiger partial charge in [0.2, 0.25) is 11.8 Å². The largest absolute Gasteiger partial charge is 0.473 e. The lowest BCUT2D eigenvalue weighted by Crippen LogP contribution is -2.33. The molecule has 0 saturated carbocycles. The van der Waals surface area contributed by atoms with E-state index >= 15 is 0 Å². The van der Waals surface area contributed by atoms with Crippen molar-refractivity contribution in [3.63, 3.8) is 0 Å². The van der Waals surface area contributed by atoms with Crippen LogP contribution in [0.3, 0.4) is 0 Å². The topological polar surface area (TPSA) is 94.3 Å². The lowest BCUT2D eigenvalue weighted by Gasteiger charge is -2.11. The molecule has 1 aromatic heterocycles. The van der Waals surface area contributed by atoms with Crippen LogP contribution in [-0.2, 0) is 4.79 Å². The molecule has 0 spiro atoms. The number of pyridine rings is 1. The van der Waals surface area contributed by atoms with Crippen molar-refractivity contribution < 1.29 is 14.3 Å². The highest BCUT2D eigenvalue weighted by Gasteiger charge is 2.18. The summed E-state index contributed by atoms with van der Waals surface area (Å²) in [6, 6.07) is 3.13. The maximum atomic E-state index is 11.7. The first-order valence-corrected chi connectivity index (χ1v) is 7.07. The van der Waals surface area contributed by atoms with Gasteiger partial charge < -0.3 is 15.8 Å². The number of carbonyl (C=O) groups is 2. The SMILES string of the molecule is NC(=O)CNC(=O)c1ccnc(OC2CCSC2)c1. The first kappa shape index (κ1) is 13.7. The molecule has 3 N–H and O–H groups in total. The number of hydrogen-bond donors (Lipinski definition) is 2. The van der Waals surface area contributed by atoms with Crippen LogP contribution < -0.4 is 15.8 Å². The number of carbonyl (C=O) groups excluding carboxylic acids is 2. The van der Waals surface area contributed by atoms with Crippen LogP contribution in [0.1, 0.15) is 16.8 Å². The quantitative estimate of drug-likeness (QED) is 0.803. The van der Waals surface area contributed by atoms with Crippen LogP contribution in [0.2, 0.25) is 0 Å². The molecular weight excluding hydrogens is 266 g/mol. The second-order valence-corrected chi connectivity index (χ2v) is 5.29. The average Bonchev–Trinajstić information content (AvgIpc) is 2.89. The molecule has 1 saturated heterocycles. The highest BCUT2D eigenvalue weighted by atomic mass is 32.2. The lowest BCUT2D eigenvalue weighted by molar-refractivity contribution is -0.117. The Morgan fingerprint density at radius 3 is 3.11 bits per heavy atom. The first-order valence-electron chi connectivity index (χ1n) is 5.92. The van der Waals surface area contributed by atoms with E-state index in [0.717, 1.165) is 17.9 Å². The summed E-state index contributed by atoms with van der Waals surface area (Å²) >= 11 is 1.84. The van der Waals surface area contributed by atoms with Crippen molar-refractivity contribution in [2.45, 2.75) is 12.5 Å². The molecule has 6 nitrogen and oxygen atoms in total. The summed E-state index contributed by atoms with van der Waals surface area (Å²) in [6.07, 6.45) is 2.66. The van der Waals surface area contributed by atoms with Gasteiger partial charge in [0.25, 0.3) is 5.91 Å². The van der Waals surface area contributed by atoms with Gasteiger partial charge in [0.05, 0.1) is 6.54 Å². The predicted molar refractivity (Wildman–Crippen MR) is 72.1 cm³/mol. The lowest BCUT2D eigenvalue weighted by atomic mass is 10.2. The third-order valence-electron chi connectivity index (χ3n) is 2.60. The second kappa shape index (κ2) is 6.42. The second-order valence-electron chi connectivity index (χ2n) is 4.14. The Balaban J connectivity index is 1.97. The zero-order chi connectivity index (χ0) is 13.7. The molecule has 1 unspecified atom stereocenters. The highest BCUT2D eigenvalue weighted by molar-refractivity contribution is 7.99. The van der Waals surface area contributed by atoms with E-state index < -0.39 is 5.91 Å². The van der Waals surface area contributed by atoms with E-state index in [9.17, 15) is 9.59 Å². The zero-order valence-electron chi connectivity index (χ0n) is 10.3. The number of amides is 2. The molecule has 0 aliphatic carbocycles. The molecule has 19 heavy (non-hydrogen) atoms. The molecule has 2 amide bonds. The van der Waals surface area contributed by atoms with Crippen molar-refractivity contribution in [2.75, 3.05) is 18.1 Å². The van der Waals surface area contributed by atoms with Crippen molar-refractivity contribution >= 4 is 23.6 Å². The van der Waals surface area contributed by atoms with E-state index in [1.54, 1.807) is 12.1 Å². The predicted octanol–water partition coefficient (Wildman–Crippen LogP) is 0.181. The van der Waals surface area contributed by atoms with Crippen LogP contribution in [0.15, 0.2) is 18.3 Å². The van der Waals surface area contributed by atoms with Crippen LogP contribution in [0.5, 0.6) is 5.88 Å². The molecule has 2 rings (SSSR count). The van der Waals surface area contributed by atoms with Gasteiger partial charge in [0.15, 0.2) is 0 Å². The Labute approximate surface area is 115 Å². The van der Waals surface area contributed by atoms with Gasteiger partial charge >= 0.3 is 0 Å². The third kappa shape index (κ3) is 4.13. The van der Waals surface area contributed by atoms with E-state index in [2.05, 4.69) is 10.3 Å². The number of thioether (sulfide) groups is 1. The van der Waals surface area contributed by atoms with Crippen LogP contribution in [0, 0.1) is 0 Å². The normalized spacial score (nSPS) is 18.0. The Morgan fingerprint density at radius 1 is 1.58 bits per heavy atom. The fourth-order valence-corrected chi connectivity index (χ4v) is 2.76. The van der Waals surface area contributed by atoms with Crippen LogP contribution in [0.25, 0.3) is 0 Å². The number of hydrogen-bond acceptors (Lipinski definition) is 5. The Hall–Kier alpha value is -1.76. The highest BCUT2D eigenvalue weighted by Crippen LogP contribution is 2.22. The van der Waals surface area contributed by atoms with Crippen LogP contribution in [-0.4, -0.2) is 41.0 Å². The third-order valence-corrected chi connectivity index (χ3v) is 3.73. The van der Waals surface area contributed by atoms with Crippen molar-refractivity contribution in [1.82, 2.24) is 10.3 Å². The number of nitrogens with two attached hydrogens (primary N) is 1. The first-order chi connectivity index (χ1) is 9.15. The Kier molecular flexibility index (Phi) is 4.62. The van der Waals surface area contributed by atoms with E-state index in [-0.39, 0.29) is 18.6 Å². The Bertz CT molecular complexity index is 475. The van der Waals surface area contributed by atoms with Gasteiger partial charge in [0, 0.05) is 23.6 Å². The summed E-state index contributed by atoms with van der Waals surface area (Å²) in [5.41, 5.74) is 5.36. The molecule has 1 aromatic rings. The van der Waals surface area contributed by atoms with Gasteiger partial charge in [-0.25, -0.2) is 4.98 Å². The van der Waals surface area contributed by atoms with Gasteiger partial charge in [-0.05, 0) is 18.2 Å². The minimum Gasteiger partial charge on any atom is -0.473 e. The molecule has 0 aromatic carbocycles. The number of ether oxygens (including phenoxy) is 1. The summed E-state index contributed by atoms with van der Waals surface area (Å²) in [4.78, 5) is 26.4. The van der Waals surface area contributed by atoms with Gasteiger partial charge in [-0.2, -0.15) is 11.8 Å².